The maximum atomic E-state index is 11.7. The third kappa shape index (κ3) is 3.02. The second-order valence-electron chi connectivity index (χ2n) is 4.98. The molecule has 100 valence electrons. The zero-order valence-corrected chi connectivity index (χ0v) is 11.5. The number of rotatable bonds is 3. The van der Waals surface area contributed by atoms with Gasteiger partial charge < -0.3 is 10.2 Å². The molecule has 1 aromatic carbocycles. The SMILES string of the molecule is CC(=O)/C(=C\N(C)C)c1ccc2c(c1)CCC(=O)N2. The molecule has 0 saturated heterocycles. The normalized spacial score (nSPS) is 14.7. The fourth-order valence-corrected chi connectivity index (χ4v) is 2.18. The molecule has 1 aliphatic rings. The summed E-state index contributed by atoms with van der Waals surface area (Å²) in [5.74, 6) is 0.0874. The van der Waals surface area contributed by atoms with Gasteiger partial charge in [-0.1, -0.05) is 6.07 Å². The lowest BCUT2D eigenvalue weighted by atomic mass is 9.96. The lowest BCUT2D eigenvalue weighted by molar-refractivity contribution is -0.116. The number of benzene rings is 1. The van der Waals surface area contributed by atoms with Gasteiger partial charge >= 0.3 is 0 Å². The topological polar surface area (TPSA) is 49.4 Å². The molecule has 1 amide bonds. The molecule has 19 heavy (non-hydrogen) atoms. The second-order valence-corrected chi connectivity index (χ2v) is 4.98. The number of aryl methyl sites for hydroxylation is 1. The highest BCUT2D eigenvalue weighted by molar-refractivity contribution is 6.19. The van der Waals surface area contributed by atoms with Gasteiger partial charge in [-0.05, 0) is 36.6 Å². The molecule has 0 radical (unpaired) electrons. The van der Waals surface area contributed by atoms with E-state index in [-0.39, 0.29) is 11.7 Å². The van der Waals surface area contributed by atoms with E-state index >= 15 is 0 Å². The highest BCUT2D eigenvalue weighted by Gasteiger charge is 2.16. The zero-order chi connectivity index (χ0) is 14.0. The van der Waals surface area contributed by atoms with Crippen molar-refractivity contribution in [2.45, 2.75) is 19.8 Å². The van der Waals surface area contributed by atoms with E-state index in [4.69, 9.17) is 0 Å². The number of amides is 1. The number of allylic oxidation sites excluding steroid dienone is 1. The summed E-state index contributed by atoms with van der Waals surface area (Å²) in [6, 6.07) is 5.74. The molecule has 0 atom stereocenters. The first-order valence-electron chi connectivity index (χ1n) is 6.29. The number of hydrogen-bond acceptors (Lipinski definition) is 3. The van der Waals surface area contributed by atoms with E-state index in [0.29, 0.717) is 12.0 Å². The minimum absolute atomic E-state index is 0.0356. The lowest BCUT2D eigenvalue weighted by Crippen LogP contribution is -2.19. The minimum Gasteiger partial charge on any atom is -0.383 e. The van der Waals surface area contributed by atoms with Crippen LogP contribution in [0.1, 0.15) is 24.5 Å². The van der Waals surface area contributed by atoms with Crippen molar-refractivity contribution < 1.29 is 9.59 Å². The Morgan fingerprint density at radius 3 is 2.68 bits per heavy atom. The third-order valence-corrected chi connectivity index (χ3v) is 3.08. The summed E-state index contributed by atoms with van der Waals surface area (Å²) in [4.78, 5) is 24.9. The van der Waals surface area contributed by atoms with Crippen molar-refractivity contribution in [3.63, 3.8) is 0 Å². The Kier molecular flexibility index (Phi) is 3.69. The number of Topliss-reactive ketones (excluding diaryl/α,β-unsaturated/α-hetero) is 1. The van der Waals surface area contributed by atoms with E-state index in [2.05, 4.69) is 5.32 Å². The molecule has 0 aromatic heterocycles. The average Bonchev–Trinajstić information content (AvgIpc) is 2.35. The summed E-state index contributed by atoms with van der Waals surface area (Å²) in [7, 11) is 3.78. The van der Waals surface area contributed by atoms with E-state index in [1.54, 1.807) is 6.92 Å². The summed E-state index contributed by atoms with van der Waals surface area (Å²) in [5, 5.41) is 2.84. The Balaban J connectivity index is 2.40. The Labute approximate surface area is 113 Å². The van der Waals surface area contributed by atoms with Crippen LogP contribution in [0.15, 0.2) is 24.4 Å². The summed E-state index contributed by atoms with van der Waals surface area (Å²) < 4.78 is 0. The Morgan fingerprint density at radius 1 is 1.32 bits per heavy atom. The number of carbonyl (C=O) groups excluding carboxylic acids is 2. The van der Waals surface area contributed by atoms with E-state index in [1.807, 2.05) is 43.4 Å². The largest absolute Gasteiger partial charge is 0.383 e. The number of hydrogen-bond donors (Lipinski definition) is 1. The van der Waals surface area contributed by atoms with Crippen molar-refractivity contribution in [1.82, 2.24) is 4.90 Å². The molecule has 0 spiro atoms. The van der Waals surface area contributed by atoms with E-state index in [0.717, 1.165) is 23.2 Å². The van der Waals surface area contributed by atoms with Crippen LogP contribution >= 0.6 is 0 Å². The van der Waals surface area contributed by atoms with Crippen molar-refractivity contribution in [2.75, 3.05) is 19.4 Å². The number of nitrogens with one attached hydrogen (secondary N) is 1. The van der Waals surface area contributed by atoms with Crippen LogP contribution in [0.5, 0.6) is 0 Å². The molecule has 1 N–H and O–H groups in total. The Morgan fingerprint density at radius 2 is 2.05 bits per heavy atom. The van der Waals surface area contributed by atoms with Crippen molar-refractivity contribution in [1.29, 1.82) is 0 Å². The van der Waals surface area contributed by atoms with Crippen LogP contribution in [0, 0.1) is 0 Å². The number of carbonyl (C=O) groups is 2. The molecule has 2 rings (SSSR count). The number of anilines is 1. The third-order valence-electron chi connectivity index (χ3n) is 3.08. The van der Waals surface area contributed by atoms with Gasteiger partial charge in [0.1, 0.15) is 0 Å². The maximum absolute atomic E-state index is 11.7. The molecular weight excluding hydrogens is 240 g/mol. The van der Waals surface area contributed by atoms with E-state index in [9.17, 15) is 9.59 Å². The van der Waals surface area contributed by atoms with Gasteiger partial charge in [0.15, 0.2) is 5.78 Å². The molecule has 0 fully saturated rings. The quantitative estimate of drug-likeness (QED) is 0.844. The van der Waals surface area contributed by atoms with Gasteiger partial charge in [0.2, 0.25) is 5.91 Å². The molecule has 4 nitrogen and oxygen atoms in total. The summed E-state index contributed by atoms with van der Waals surface area (Å²) in [5.41, 5.74) is 3.52. The Hall–Kier alpha value is -2.10. The minimum atomic E-state index is 0.0356. The van der Waals surface area contributed by atoms with Crippen LogP contribution in [0.25, 0.3) is 5.57 Å². The molecule has 0 saturated carbocycles. The maximum Gasteiger partial charge on any atom is 0.224 e. The van der Waals surface area contributed by atoms with Crippen molar-refractivity contribution >= 4 is 23.0 Å². The summed E-state index contributed by atoms with van der Waals surface area (Å²) in [6.45, 7) is 1.57. The molecule has 1 heterocycles. The first kappa shape index (κ1) is 13.3. The van der Waals surface area contributed by atoms with E-state index in [1.165, 1.54) is 0 Å². The molecule has 0 unspecified atom stereocenters. The fraction of sp³-hybridized carbons (Fsp3) is 0.333. The fourth-order valence-electron chi connectivity index (χ4n) is 2.18. The molecule has 0 aliphatic carbocycles. The highest BCUT2D eigenvalue weighted by atomic mass is 16.1. The predicted molar refractivity (Wildman–Crippen MR) is 75.7 cm³/mol. The van der Waals surface area contributed by atoms with Gasteiger partial charge in [-0.25, -0.2) is 0 Å². The number of ketones is 1. The smallest absolute Gasteiger partial charge is 0.224 e. The van der Waals surface area contributed by atoms with Crippen molar-refractivity contribution in [3.05, 3.63) is 35.5 Å². The monoisotopic (exact) mass is 258 g/mol. The van der Waals surface area contributed by atoms with Crippen LogP contribution in [0.3, 0.4) is 0 Å². The van der Waals surface area contributed by atoms with Gasteiger partial charge in [-0.2, -0.15) is 0 Å². The van der Waals surface area contributed by atoms with Crippen molar-refractivity contribution in [3.8, 4) is 0 Å². The van der Waals surface area contributed by atoms with E-state index < -0.39 is 0 Å². The molecule has 1 aromatic rings. The number of fused-ring (bicyclic) bond motifs is 1. The lowest BCUT2D eigenvalue weighted by Gasteiger charge is -2.18. The highest BCUT2D eigenvalue weighted by Crippen LogP contribution is 2.27. The van der Waals surface area contributed by atoms with Crippen molar-refractivity contribution in [2.24, 2.45) is 0 Å². The van der Waals surface area contributed by atoms with Gasteiger partial charge in [0, 0.05) is 38.0 Å². The van der Waals surface area contributed by atoms with Gasteiger partial charge in [-0.15, -0.1) is 0 Å². The van der Waals surface area contributed by atoms with Crippen LogP contribution < -0.4 is 5.32 Å². The van der Waals surface area contributed by atoms with Gasteiger partial charge in [-0.3, -0.25) is 9.59 Å². The Bertz CT molecular complexity index is 559. The summed E-state index contributed by atoms with van der Waals surface area (Å²) in [6.07, 6.45) is 3.05. The molecule has 4 heteroatoms. The first-order chi connectivity index (χ1) is 8.97. The standard InChI is InChI=1S/C15H18N2O2/c1-10(18)13(9-17(2)3)11-4-6-14-12(8-11)5-7-15(19)16-14/h4,6,8-9H,5,7H2,1-3H3,(H,16,19)/b13-9+. The zero-order valence-electron chi connectivity index (χ0n) is 11.5. The molecule has 1 aliphatic heterocycles. The first-order valence-corrected chi connectivity index (χ1v) is 6.29. The summed E-state index contributed by atoms with van der Waals surface area (Å²) >= 11 is 0. The predicted octanol–water partition coefficient (Wildman–Crippen LogP) is 2.06. The number of nitrogens with zero attached hydrogens (tertiary/aromatic N) is 1. The van der Waals surface area contributed by atoms with Crippen LogP contribution in [0.4, 0.5) is 5.69 Å². The van der Waals surface area contributed by atoms with Gasteiger partial charge in [0.25, 0.3) is 0 Å². The van der Waals surface area contributed by atoms with Crippen LogP contribution in [-0.2, 0) is 16.0 Å². The average molecular weight is 258 g/mol. The van der Waals surface area contributed by atoms with Gasteiger partial charge in [0.05, 0.1) is 0 Å². The molecular formula is C15H18N2O2. The van der Waals surface area contributed by atoms with Crippen LogP contribution in [-0.4, -0.2) is 30.7 Å². The van der Waals surface area contributed by atoms with Crippen LogP contribution in [0.2, 0.25) is 0 Å². The molecule has 0 bridgehead atoms. The second kappa shape index (κ2) is 5.26.